The van der Waals surface area contributed by atoms with Gasteiger partial charge in [0.05, 0.1) is 0 Å². The fourth-order valence-corrected chi connectivity index (χ4v) is 0.932. The molecule has 0 aliphatic heterocycles. The van der Waals surface area contributed by atoms with Gasteiger partial charge in [-0.05, 0) is 19.1 Å². The van der Waals surface area contributed by atoms with E-state index in [-0.39, 0.29) is 11.3 Å². The predicted octanol–water partition coefficient (Wildman–Crippen LogP) is 2.15. The summed E-state index contributed by atoms with van der Waals surface area (Å²) in [4.78, 5) is 0. The Morgan fingerprint density at radius 3 is 2.75 bits per heavy atom. The van der Waals surface area contributed by atoms with Crippen molar-refractivity contribution in [3.05, 3.63) is 29.6 Å². The first-order valence-electron chi connectivity index (χ1n) is 3.56. The molecule has 0 unspecified atom stereocenters. The Morgan fingerprint density at radius 1 is 1.50 bits per heavy atom. The first-order valence-corrected chi connectivity index (χ1v) is 3.56. The molecule has 0 aliphatic rings. The molecule has 64 valence electrons. The summed E-state index contributed by atoms with van der Waals surface area (Å²) in [6.45, 7) is 1.75. The van der Waals surface area contributed by atoms with Crippen LogP contribution >= 0.6 is 0 Å². The van der Waals surface area contributed by atoms with Crippen molar-refractivity contribution in [1.29, 1.82) is 0 Å². The summed E-state index contributed by atoms with van der Waals surface area (Å²) in [5, 5.41) is 8.99. The van der Waals surface area contributed by atoms with E-state index in [1.807, 2.05) is 0 Å². The number of rotatable bonds is 1. The summed E-state index contributed by atoms with van der Waals surface area (Å²) < 4.78 is 13.1. The topological polar surface area (TPSA) is 46.2 Å². The molecule has 0 heterocycles. The van der Waals surface area contributed by atoms with Crippen LogP contribution in [0, 0.1) is 5.82 Å². The number of benzene rings is 1. The first kappa shape index (κ1) is 8.59. The highest BCUT2D eigenvalue weighted by molar-refractivity contribution is 5.66. The second kappa shape index (κ2) is 3.26. The minimum absolute atomic E-state index is 0.234. The van der Waals surface area contributed by atoms with E-state index in [2.05, 4.69) is 0 Å². The quantitative estimate of drug-likeness (QED) is 0.497. The van der Waals surface area contributed by atoms with E-state index < -0.39 is 5.82 Å². The molecule has 0 atom stereocenters. The van der Waals surface area contributed by atoms with Gasteiger partial charge in [0, 0.05) is 11.3 Å². The van der Waals surface area contributed by atoms with Crippen LogP contribution in [0.2, 0.25) is 0 Å². The fourth-order valence-electron chi connectivity index (χ4n) is 0.932. The number of nitrogens with two attached hydrogens (primary N) is 1. The fraction of sp³-hybridized carbons (Fsp3) is 0.111. The number of anilines is 1. The molecule has 0 bridgehead atoms. The second-order valence-corrected chi connectivity index (χ2v) is 2.40. The number of hydrogen-bond donors (Lipinski definition) is 2. The van der Waals surface area contributed by atoms with Crippen LogP contribution in [0.15, 0.2) is 18.2 Å². The van der Waals surface area contributed by atoms with Gasteiger partial charge in [0.1, 0.15) is 0 Å². The zero-order valence-corrected chi connectivity index (χ0v) is 6.71. The number of hydrogen-bond acceptors (Lipinski definition) is 2. The van der Waals surface area contributed by atoms with Crippen LogP contribution in [-0.4, -0.2) is 5.11 Å². The van der Waals surface area contributed by atoms with E-state index in [1.54, 1.807) is 13.0 Å². The van der Waals surface area contributed by atoms with Gasteiger partial charge in [0.2, 0.25) is 0 Å². The zero-order chi connectivity index (χ0) is 9.14. The largest absolute Gasteiger partial charge is 0.505 e. The molecule has 1 aromatic rings. The maximum absolute atomic E-state index is 13.1. The van der Waals surface area contributed by atoms with E-state index in [0.717, 1.165) is 0 Å². The maximum Gasteiger partial charge on any atom is 0.174 e. The number of phenolic OH excluding ortho intramolecular Hbond substituents is 1. The van der Waals surface area contributed by atoms with Gasteiger partial charge in [-0.2, -0.15) is 0 Å². The molecule has 0 saturated heterocycles. The average molecular weight is 167 g/mol. The molecule has 0 saturated carbocycles. The maximum atomic E-state index is 13.1. The highest BCUT2D eigenvalue weighted by Crippen LogP contribution is 2.25. The zero-order valence-electron chi connectivity index (χ0n) is 6.71. The lowest BCUT2D eigenvalue weighted by molar-refractivity contribution is 0.432. The third kappa shape index (κ3) is 1.39. The minimum Gasteiger partial charge on any atom is -0.505 e. The van der Waals surface area contributed by atoms with Gasteiger partial charge in [-0.1, -0.05) is 12.2 Å². The van der Waals surface area contributed by atoms with E-state index in [9.17, 15) is 4.39 Å². The van der Waals surface area contributed by atoms with Crippen molar-refractivity contribution in [2.45, 2.75) is 6.92 Å². The van der Waals surface area contributed by atoms with Crippen LogP contribution in [0.4, 0.5) is 10.1 Å². The van der Waals surface area contributed by atoms with Gasteiger partial charge in [-0.15, -0.1) is 0 Å². The molecular weight excluding hydrogens is 157 g/mol. The minimum atomic E-state index is -0.673. The van der Waals surface area contributed by atoms with Gasteiger partial charge < -0.3 is 10.8 Å². The van der Waals surface area contributed by atoms with Crippen LogP contribution in [0.25, 0.3) is 6.08 Å². The summed E-state index contributed by atoms with van der Waals surface area (Å²) in [5.74, 6) is -1.05. The summed E-state index contributed by atoms with van der Waals surface area (Å²) in [7, 11) is 0. The normalized spacial score (nSPS) is 10.8. The van der Waals surface area contributed by atoms with E-state index in [4.69, 9.17) is 10.8 Å². The van der Waals surface area contributed by atoms with Crippen molar-refractivity contribution < 1.29 is 9.50 Å². The molecule has 0 fully saturated rings. The van der Waals surface area contributed by atoms with E-state index >= 15 is 0 Å². The molecule has 1 aromatic carbocycles. The molecule has 0 spiro atoms. The van der Waals surface area contributed by atoms with Crippen LogP contribution in [0.1, 0.15) is 12.5 Å². The first-order chi connectivity index (χ1) is 5.66. The molecule has 0 amide bonds. The molecule has 0 aliphatic carbocycles. The number of nitrogen functional groups attached to an aromatic ring is 1. The Balaban J connectivity index is 3.32. The summed E-state index contributed by atoms with van der Waals surface area (Å²) >= 11 is 0. The van der Waals surface area contributed by atoms with Crippen LogP contribution in [0.5, 0.6) is 5.75 Å². The monoisotopic (exact) mass is 167 g/mol. The summed E-state index contributed by atoms with van der Waals surface area (Å²) in [6.07, 6.45) is 3.18. The third-order valence-corrected chi connectivity index (χ3v) is 1.53. The van der Waals surface area contributed by atoms with Gasteiger partial charge >= 0.3 is 0 Å². The smallest absolute Gasteiger partial charge is 0.174 e. The Labute approximate surface area is 70.1 Å². The standard InChI is InChI=1S/C9H10FNO/c1-2-3-6-7(11)4-5-8(12)9(6)10/h2-5,12H,11H2,1H3/b3-2+. The van der Waals surface area contributed by atoms with Crippen molar-refractivity contribution in [1.82, 2.24) is 0 Å². The lowest BCUT2D eigenvalue weighted by Crippen LogP contribution is -1.92. The van der Waals surface area contributed by atoms with Gasteiger partial charge in [0.15, 0.2) is 11.6 Å². The van der Waals surface area contributed by atoms with Crippen LogP contribution in [-0.2, 0) is 0 Å². The predicted molar refractivity (Wildman–Crippen MR) is 47.2 cm³/mol. The Hall–Kier alpha value is -1.51. The SMILES string of the molecule is C/C=C/c1c(N)ccc(O)c1F. The molecule has 1 rings (SSSR count). The van der Waals surface area contributed by atoms with Gasteiger partial charge in [-0.25, -0.2) is 4.39 Å². The molecule has 12 heavy (non-hydrogen) atoms. The van der Waals surface area contributed by atoms with E-state index in [0.29, 0.717) is 5.69 Å². The number of phenols is 1. The third-order valence-electron chi connectivity index (χ3n) is 1.53. The van der Waals surface area contributed by atoms with Crippen molar-refractivity contribution in [2.75, 3.05) is 5.73 Å². The molecule has 3 N–H and O–H groups in total. The Kier molecular flexibility index (Phi) is 2.33. The summed E-state index contributed by atoms with van der Waals surface area (Å²) in [6, 6.07) is 2.70. The lowest BCUT2D eigenvalue weighted by atomic mass is 10.1. The number of halogens is 1. The van der Waals surface area contributed by atoms with Crippen molar-refractivity contribution in [3.63, 3.8) is 0 Å². The average Bonchev–Trinajstić information content (AvgIpc) is 2.06. The molecule has 2 nitrogen and oxygen atoms in total. The Morgan fingerprint density at radius 2 is 2.17 bits per heavy atom. The van der Waals surface area contributed by atoms with Gasteiger partial charge in [0.25, 0.3) is 0 Å². The molecule has 0 radical (unpaired) electrons. The van der Waals surface area contributed by atoms with Gasteiger partial charge in [-0.3, -0.25) is 0 Å². The Bertz CT molecular complexity index is 321. The lowest BCUT2D eigenvalue weighted by Gasteiger charge is -2.02. The highest BCUT2D eigenvalue weighted by Gasteiger charge is 2.07. The molecule has 3 heteroatoms. The molecular formula is C9H10FNO. The summed E-state index contributed by atoms with van der Waals surface area (Å²) in [5.41, 5.74) is 6.03. The van der Waals surface area contributed by atoms with Crippen molar-refractivity contribution in [3.8, 4) is 5.75 Å². The van der Waals surface area contributed by atoms with Crippen LogP contribution < -0.4 is 5.73 Å². The number of allylic oxidation sites excluding steroid dienone is 1. The van der Waals surface area contributed by atoms with E-state index in [1.165, 1.54) is 18.2 Å². The van der Waals surface area contributed by atoms with Crippen molar-refractivity contribution >= 4 is 11.8 Å². The van der Waals surface area contributed by atoms with Crippen molar-refractivity contribution in [2.24, 2.45) is 0 Å². The molecule has 0 aromatic heterocycles. The highest BCUT2D eigenvalue weighted by atomic mass is 19.1. The number of aromatic hydroxyl groups is 1. The second-order valence-electron chi connectivity index (χ2n) is 2.40. The van der Waals surface area contributed by atoms with Crippen LogP contribution in [0.3, 0.4) is 0 Å².